The second-order valence-corrected chi connectivity index (χ2v) is 3.87. The molecule has 0 saturated carbocycles. The standard InChI is InChI=1S/C9H11F2N3O4.ClH/c10-9(11)6(16)4(3-15)18-7(9)14-2-1-5(12)13-8(14)17;/h1-2,4,6-7,15-16H,3H2,(H2,12,13,17);1H/t4-,6+,7+;/m0./s1. The number of hydrogen-bond acceptors (Lipinski definition) is 6. The second-order valence-electron chi connectivity index (χ2n) is 3.87. The van der Waals surface area contributed by atoms with Crippen molar-refractivity contribution in [2.45, 2.75) is 24.4 Å². The topological polar surface area (TPSA) is 111 Å². The summed E-state index contributed by atoms with van der Waals surface area (Å²) < 4.78 is 32.7. The van der Waals surface area contributed by atoms with E-state index in [0.29, 0.717) is 4.57 Å². The molecule has 0 spiro atoms. The van der Waals surface area contributed by atoms with Gasteiger partial charge in [0, 0.05) is 6.20 Å². The largest absolute Gasteiger partial charge is 0.394 e. The van der Waals surface area contributed by atoms with Crippen molar-refractivity contribution < 1.29 is 23.7 Å². The van der Waals surface area contributed by atoms with E-state index in [9.17, 15) is 18.7 Å². The molecule has 3 atom stereocenters. The van der Waals surface area contributed by atoms with Gasteiger partial charge in [-0.2, -0.15) is 13.8 Å². The molecular formula is C9H12ClF2N3O4. The fourth-order valence-corrected chi connectivity index (χ4v) is 1.72. The zero-order valence-electron chi connectivity index (χ0n) is 9.44. The lowest BCUT2D eigenvalue weighted by Crippen LogP contribution is -2.41. The van der Waals surface area contributed by atoms with Crippen LogP contribution in [0.1, 0.15) is 6.23 Å². The minimum absolute atomic E-state index is 0. The molecule has 1 aliphatic heterocycles. The van der Waals surface area contributed by atoms with Crippen LogP contribution in [-0.2, 0) is 4.74 Å². The molecular weight excluding hydrogens is 288 g/mol. The number of nitrogens with zero attached hydrogens (tertiary/aromatic N) is 2. The number of nitrogens with two attached hydrogens (primary N) is 1. The number of alkyl halides is 2. The van der Waals surface area contributed by atoms with Gasteiger partial charge in [0.2, 0.25) is 6.23 Å². The van der Waals surface area contributed by atoms with Crippen LogP contribution in [0.4, 0.5) is 14.6 Å². The molecule has 0 unspecified atom stereocenters. The van der Waals surface area contributed by atoms with Gasteiger partial charge in [0.1, 0.15) is 11.9 Å². The summed E-state index contributed by atoms with van der Waals surface area (Å²) >= 11 is 0. The van der Waals surface area contributed by atoms with Crippen LogP contribution in [0.2, 0.25) is 0 Å². The Kier molecular flexibility index (Phi) is 4.46. The molecule has 108 valence electrons. The van der Waals surface area contributed by atoms with Gasteiger partial charge in [-0.05, 0) is 6.07 Å². The van der Waals surface area contributed by atoms with Crippen molar-refractivity contribution in [3.8, 4) is 0 Å². The number of nitrogen functional groups attached to an aromatic ring is 1. The van der Waals surface area contributed by atoms with Crippen LogP contribution in [0.15, 0.2) is 17.1 Å². The van der Waals surface area contributed by atoms with E-state index in [0.717, 1.165) is 12.3 Å². The molecule has 1 aliphatic rings. The predicted octanol–water partition coefficient (Wildman–Crippen LogP) is -0.867. The van der Waals surface area contributed by atoms with Gasteiger partial charge in [-0.1, -0.05) is 0 Å². The highest BCUT2D eigenvalue weighted by molar-refractivity contribution is 5.85. The average Bonchev–Trinajstić information content (AvgIpc) is 2.52. The van der Waals surface area contributed by atoms with Crippen molar-refractivity contribution in [2.24, 2.45) is 0 Å². The number of ether oxygens (including phenoxy) is 1. The van der Waals surface area contributed by atoms with Crippen molar-refractivity contribution in [1.29, 1.82) is 0 Å². The van der Waals surface area contributed by atoms with Crippen LogP contribution in [0.3, 0.4) is 0 Å². The molecule has 0 aromatic carbocycles. The number of aliphatic hydroxyl groups is 2. The molecule has 2 heterocycles. The summed E-state index contributed by atoms with van der Waals surface area (Å²) in [6.45, 7) is -0.787. The third kappa shape index (κ3) is 2.54. The van der Waals surface area contributed by atoms with Crippen molar-refractivity contribution in [3.63, 3.8) is 0 Å². The Morgan fingerprint density at radius 2 is 2.21 bits per heavy atom. The molecule has 0 aliphatic carbocycles. The Morgan fingerprint density at radius 1 is 1.58 bits per heavy atom. The number of anilines is 1. The lowest BCUT2D eigenvalue weighted by molar-refractivity contribution is -0.140. The normalized spacial score (nSPS) is 28.9. The van der Waals surface area contributed by atoms with E-state index in [1.54, 1.807) is 0 Å². The fourth-order valence-electron chi connectivity index (χ4n) is 1.72. The maximum absolute atomic E-state index is 13.7. The van der Waals surface area contributed by atoms with Crippen molar-refractivity contribution in [1.82, 2.24) is 9.55 Å². The Morgan fingerprint density at radius 3 is 2.68 bits per heavy atom. The first kappa shape index (κ1) is 15.8. The molecule has 19 heavy (non-hydrogen) atoms. The van der Waals surface area contributed by atoms with E-state index in [-0.39, 0.29) is 18.2 Å². The molecule has 0 radical (unpaired) electrons. The lowest BCUT2D eigenvalue weighted by atomic mass is 10.1. The zero-order valence-corrected chi connectivity index (χ0v) is 10.3. The average molecular weight is 300 g/mol. The van der Waals surface area contributed by atoms with Crippen LogP contribution in [0, 0.1) is 0 Å². The summed E-state index contributed by atoms with van der Waals surface area (Å²) in [5.41, 5.74) is 4.21. The minimum atomic E-state index is -3.71. The number of aliphatic hydroxyl groups excluding tert-OH is 2. The second kappa shape index (κ2) is 5.37. The van der Waals surface area contributed by atoms with Crippen LogP contribution in [-0.4, -0.2) is 44.5 Å². The molecule has 1 aromatic rings. The molecule has 1 saturated heterocycles. The van der Waals surface area contributed by atoms with Gasteiger partial charge in [0.25, 0.3) is 0 Å². The Hall–Kier alpha value is -1.29. The first-order valence-electron chi connectivity index (χ1n) is 5.04. The third-order valence-corrected chi connectivity index (χ3v) is 2.66. The number of hydrogen-bond donors (Lipinski definition) is 3. The SMILES string of the molecule is Cl.Nc1ccn([C@@H]2O[C@@H](CO)[C@@H](O)C2(F)F)c(=O)n1. The molecule has 4 N–H and O–H groups in total. The molecule has 2 rings (SSSR count). The van der Waals surface area contributed by atoms with Gasteiger partial charge >= 0.3 is 11.6 Å². The maximum Gasteiger partial charge on any atom is 0.351 e. The fraction of sp³-hybridized carbons (Fsp3) is 0.556. The monoisotopic (exact) mass is 299 g/mol. The molecule has 1 fully saturated rings. The molecule has 10 heteroatoms. The maximum atomic E-state index is 13.7. The Labute approximate surface area is 112 Å². The van der Waals surface area contributed by atoms with E-state index in [2.05, 4.69) is 4.98 Å². The van der Waals surface area contributed by atoms with Crippen LogP contribution >= 0.6 is 12.4 Å². The summed E-state index contributed by atoms with van der Waals surface area (Å²) in [5.74, 6) is -3.83. The Bertz CT molecular complexity index is 512. The van der Waals surface area contributed by atoms with Crippen molar-refractivity contribution in [2.75, 3.05) is 12.3 Å². The minimum Gasteiger partial charge on any atom is -0.394 e. The highest BCUT2D eigenvalue weighted by Crippen LogP contribution is 2.41. The van der Waals surface area contributed by atoms with Crippen LogP contribution in [0.25, 0.3) is 0 Å². The van der Waals surface area contributed by atoms with E-state index in [1.165, 1.54) is 0 Å². The lowest BCUT2D eigenvalue weighted by Gasteiger charge is -2.20. The van der Waals surface area contributed by atoms with E-state index in [4.69, 9.17) is 15.6 Å². The smallest absolute Gasteiger partial charge is 0.351 e. The molecule has 1 aromatic heterocycles. The zero-order chi connectivity index (χ0) is 13.5. The van der Waals surface area contributed by atoms with Gasteiger partial charge in [0.05, 0.1) is 6.61 Å². The van der Waals surface area contributed by atoms with Gasteiger partial charge in [-0.3, -0.25) is 4.57 Å². The van der Waals surface area contributed by atoms with Crippen molar-refractivity contribution >= 4 is 18.2 Å². The molecule has 0 amide bonds. The van der Waals surface area contributed by atoms with Crippen LogP contribution < -0.4 is 11.4 Å². The summed E-state index contributed by atoms with van der Waals surface area (Å²) in [6, 6.07) is 1.15. The number of aromatic nitrogens is 2. The van der Waals surface area contributed by atoms with Gasteiger partial charge < -0.3 is 20.7 Å². The summed E-state index contributed by atoms with van der Waals surface area (Å²) in [5, 5.41) is 18.1. The Balaban J connectivity index is 0.00000180. The van der Waals surface area contributed by atoms with Crippen molar-refractivity contribution in [3.05, 3.63) is 22.7 Å². The molecule has 7 nitrogen and oxygen atoms in total. The molecule has 0 bridgehead atoms. The summed E-state index contributed by atoms with van der Waals surface area (Å²) in [6.07, 6.45) is -4.69. The van der Waals surface area contributed by atoms with Crippen LogP contribution in [0.5, 0.6) is 0 Å². The van der Waals surface area contributed by atoms with E-state index >= 15 is 0 Å². The predicted molar refractivity (Wildman–Crippen MR) is 62.1 cm³/mol. The number of rotatable bonds is 2. The third-order valence-electron chi connectivity index (χ3n) is 2.66. The first-order chi connectivity index (χ1) is 8.37. The summed E-state index contributed by atoms with van der Waals surface area (Å²) in [4.78, 5) is 14.7. The highest BCUT2D eigenvalue weighted by Gasteiger charge is 2.59. The van der Waals surface area contributed by atoms with E-state index < -0.39 is 36.7 Å². The first-order valence-corrected chi connectivity index (χ1v) is 5.04. The van der Waals surface area contributed by atoms with E-state index in [1.807, 2.05) is 0 Å². The van der Waals surface area contributed by atoms with Gasteiger partial charge in [0.15, 0.2) is 6.10 Å². The quantitative estimate of drug-likeness (QED) is 0.655. The highest BCUT2D eigenvalue weighted by atomic mass is 35.5. The summed E-state index contributed by atoms with van der Waals surface area (Å²) in [7, 11) is 0. The number of halogens is 3. The van der Waals surface area contributed by atoms with Gasteiger partial charge in [-0.25, -0.2) is 4.79 Å². The van der Waals surface area contributed by atoms with Gasteiger partial charge in [-0.15, -0.1) is 12.4 Å².